The average molecular weight is 758 g/mol. The number of carbonyl (C=O) groups excluding carboxylic acids is 4. The topological polar surface area (TPSA) is 152 Å². The van der Waals surface area contributed by atoms with Crippen LogP contribution in [0.4, 0.5) is 5.82 Å². The quantitative estimate of drug-likeness (QED) is 0.170. The minimum Gasteiger partial charge on any atom is -0.494 e. The van der Waals surface area contributed by atoms with E-state index in [0.717, 1.165) is 30.2 Å². The van der Waals surface area contributed by atoms with E-state index in [1.54, 1.807) is 30.5 Å². The number of hydrogen-bond donors (Lipinski definition) is 2. The number of benzene rings is 2. The maximum Gasteiger partial charge on any atom is 0.274 e. The molecule has 2 aromatic heterocycles. The summed E-state index contributed by atoms with van der Waals surface area (Å²) in [5, 5.41) is 5.71. The third kappa shape index (κ3) is 7.10. The lowest BCUT2D eigenvalue weighted by atomic mass is 9.88. The summed E-state index contributed by atoms with van der Waals surface area (Å²) >= 11 is 3.45. The zero-order valence-corrected chi connectivity index (χ0v) is 29.6. The van der Waals surface area contributed by atoms with Crippen LogP contribution in [0.3, 0.4) is 0 Å². The number of ether oxygens (including phenoxy) is 2. The number of nitrogens with one attached hydrogen (secondary N) is 2. The third-order valence-electron chi connectivity index (χ3n) is 9.50. The monoisotopic (exact) mass is 756 g/mol. The third-order valence-corrected chi connectivity index (χ3v) is 10.2. The second kappa shape index (κ2) is 14.6. The summed E-state index contributed by atoms with van der Waals surface area (Å²) in [5.41, 5.74) is 1.97. The van der Waals surface area contributed by atoms with Gasteiger partial charge in [-0.05, 0) is 96.5 Å². The Morgan fingerprint density at radius 1 is 0.922 bits per heavy atom. The number of aromatic nitrogens is 2. The van der Waals surface area contributed by atoms with Crippen LogP contribution < -0.4 is 25.7 Å². The zero-order valence-electron chi connectivity index (χ0n) is 28.0. The predicted octanol–water partition coefficient (Wildman–Crippen LogP) is 4.00. The largest absolute Gasteiger partial charge is 0.494 e. The van der Waals surface area contributed by atoms with Gasteiger partial charge in [-0.15, -0.1) is 0 Å². The first kappa shape index (κ1) is 34.4. The van der Waals surface area contributed by atoms with E-state index in [1.807, 2.05) is 24.3 Å². The maximum atomic E-state index is 13.3. The molecule has 0 saturated carbocycles. The summed E-state index contributed by atoms with van der Waals surface area (Å²) in [6, 6.07) is 17.5. The van der Waals surface area contributed by atoms with Gasteiger partial charge >= 0.3 is 0 Å². The van der Waals surface area contributed by atoms with Gasteiger partial charge in [0.2, 0.25) is 11.8 Å². The first-order valence-electron chi connectivity index (χ1n) is 17.0. The molecule has 3 atom stereocenters. The molecule has 2 aromatic carbocycles. The molecule has 3 aliphatic heterocycles. The summed E-state index contributed by atoms with van der Waals surface area (Å²) in [4.78, 5) is 71.0. The highest BCUT2D eigenvalue weighted by Gasteiger charge is 2.46. The van der Waals surface area contributed by atoms with E-state index in [4.69, 9.17) is 9.47 Å². The molecule has 2 N–H and O–H groups in total. The van der Waals surface area contributed by atoms with Gasteiger partial charge in [0.1, 0.15) is 33.5 Å². The van der Waals surface area contributed by atoms with E-state index in [-0.39, 0.29) is 41.5 Å². The Labute approximate surface area is 302 Å². The Balaban J connectivity index is 0.888. The van der Waals surface area contributed by atoms with Gasteiger partial charge in [0.25, 0.3) is 17.4 Å². The second-order valence-electron chi connectivity index (χ2n) is 13.1. The molecule has 0 spiro atoms. The number of halogens is 1. The number of likely N-dealkylation sites (N-methyl/N-ethyl adjacent to an activating group) is 1. The molecule has 0 radical (unpaired) electrons. The number of rotatable bonds is 11. The van der Waals surface area contributed by atoms with Crippen molar-refractivity contribution in [2.24, 2.45) is 0 Å². The normalized spacial score (nSPS) is 20.7. The molecule has 0 aliphatic carbocycles. The van der Waals surface area contributed by atoms with E-state index in [0.29, 0.717) is 47.7 Å². The molecule has 14 heteroatoms. The highest BCUT2D eigenvalue weighted by atomic mass is 79.9. The number of fused-ring (bicyclic) bond motifs is 2. The van der Waals surface area contributed by atoms with Crippen LogP contribution in [0.5, 0.6) is 11.5 Å². The minimum absolute atomic E-state index is 0.0602. The molecule has 2 saturated heterocycles. The van der Waals surface area contributed by atoms with Gasteiger partial charge in [0, 0.05) is 31.7 Å². The van der Waals surface area contributed by atoms with Crippen LogP contribution in [0.25, 0.3) is 5.65 Å². The predicted molar refractivity (Wildman–Crippen MR) is 191 cm³/mol. The minimum atomic E-state index is -1.03. The lowest BCUT2D eigenvalue weighted by molar-refractivity contribution is -0.136. The Morgan fingerprint density at radius 2 is 1.71 bits per heavy atom. The lowest BCUT2D eigenvalue weighted by Gasteiger charge is -2.36. The van der Waals surface area contributed by atoms with Crippen molar-refractivity contribution in [3.8, 4) is 11.5 Å². The van der Waals surface area contributed by atoms with Crippen molar-refractivity contribution in [3.05, 3.63) is 98.4 Å². The van der Waals surface area contributed by atoms with Crippen molar-refractivity contribution in [1.29, 1.82) is 0 Å². The van der Waals surface area contributed by atoms with E-state index in [2.05, 4.69) is 55.6 Å². The number of anilines is 1. The van der Waals surface area contributed by atoms with Gasteiger partial charge in [-0.1, -0.05) is 24.3 Å². The fraction of sp³-hybridized carbons (Fsp3) is 0.351. The first-order chi connectivity index (χ1) is 24.7. The molecule has 2 fully saturated rings. The molecule has 4 aromatic rings. The number of likely N-dealkylation sites (tertiary alicyclic amines) is 1. The summed E-state index contributed by atoms with van der Waals surface area (Å²) < 4.78 is 13.9. The Hall–Kier alpha value is -5.08. The number of imide groups is 2. The number of unbranched alkanes of at least 4 members (excludes halogenated alkanes) is 1. The van der Waals surface area contributed by atoms with Crippen LogP contribution in [-0.2, 0) is 9.59 Å². The Morgan fingerprint density at radius 3 is 2.49 bits per heavy atom. The second-order valence-corrected chi connectivity index (χ2v) is 13.9. The van der Waals surface area contributed by atoms with Gasteiger partial charge in [0.15, 0.2) is 0 Å². The SMILES string of the molecule is CN1CC(Nc2nc3ccccn3c(=O)c2Br)CC(c2ccc(OCCCCOc3cccc4c3C(=O)N(C3CCC(=O)NC3=O)C4=O)cc2)C1. The van der Waals surface area contributed by atoms with Crippen molar-refractivity contribution < 1.29 is 28.7 Å². The van der Waals surface area contributed by atoms with Crippen LogP contribution in [0.15, 0.2) is 76.1 Å². The number of pyridine rings is 1. The van der Waals surface area contributed by atoms with E-state index < -0.39 is 29.7 Å². The lowest BCUT2D eigenvalue weighted by Crippen LogP contribution is -2.54. The molecule has 3 unspecified atom stereocenters. The Kier molecular flexibility index (Phi) is 9.87. The average Bonchev–Trinajstić information content (AvgIpc) is 3.38. The van der Waals surface area contributed by atoms with Crippen molar-refractivity contribution in [2.75, 3.05) is 38.7 Å². The van der Waals surface area contributed by atoms with Crippen molar-refractivity contribution in [2.45, 2.75) is 50.1 Å². The summed E-state index contributed by atoms with van der Waals surface area (Å²) in [6.45, 7) is 2.52. The molecule has 51 heavy (non-hydrogen) atoms. The van der Waals surface area contributed by atoms with Gasteiger partial charge in [-0.25, -0.2) is 4.98 Å². The molecular weight excluding hydrogens is 720 g/mol. The first-order valence-corrected chi connectivity index (χ1v) is 17.8. The number of nitrogens with zero attached hydrogens (tertiary/aromatic N) is 4. The maximum absolute atomic E-state index is 13.3. The summed E-state index contributed by atoms with van der Waals surface area (Å²) in [6.07, 6.45) is 4.10. The summed E-state index contributed by atoms with van der Waals surface area (Å²) in [5.74, 6) is -0.336. The van der Waals surface area contributed by atoms with E-state index >= 15 is 0 Å². The highest BCUT2D eigenvalue weighted by molar-refractivity contribution is 9.10. The summed E-state index contributed by atoms with van der Waals surface area (Å²) in [7, 11) is 2.10. The zero-order chi connectivity index (χ0) is 35.6. The van der Waals surface area contributed by atoms with Gasteiger partial charge in [0.05, 0.1) is 24.3 Å². The van der Waals surface area contributed by atoms with Gasteiger partial charge in [-0.3, -0.25) is 38.6 Å². The van der Waals surface area contributed by atoms with Crippen LogP contribution in [0.1, 0.15) is 64.3 Å². The molecule has 3 aliphatic rings. The Bertz CT molecular complexity index is 2070. The number of carbonyl (C=O) groups is 4. The van der Waals surface area contributed by atoms with Crippen LogP contribution in [0.2, 0.25) is 0 Å². The number of hydrogen-bond acceptors (Lipinski definition) is 10. The van der Waals surface area contributed by atoms with E-state index in [1.165, 1.54) is 9.96 Å². The smallest absolute Gasteiger partial charge is 0.274 e. The van der Waals surface area contributed by atoms with Crippen LogP contribution >= 0.6 is 15.9 Å². The van der Waals surface area contributed by atoms with Gasteiger partial charge < -0.3 is 19.7 Å². The van der Waals surface area contributed by atoms with Crippen molar-refractivity contribution in [1.82, 2.24) is 24.5 Å². The fourth-order valence-electron chi connectivity index (χ4n) is 7.04. The number of piperidine rings is 2. The molecule has 7 rings (SSSR count). The van der Waals surface area contributed by atoms with Crippen molar-refractivity contribution in [3.63, 3.8) is 0 Å². The molecule has 13 nitrogen and oxygen atoms in total. The molecule has 0 bridgehead atoms. The van der Waals surface area contributed by atoms with Crippen LogP contribution in [-0.4, -0.2) is 88.2 Å². The van der Waals surface area contributed by atoms with Crippen LogP contribution in [0, 0.1) is 0 Å². The van der Waals surface area contributed by atoms with Gasteiger partial charge in [-0.2, -0.15) is 0 Å². The molecular formula is C37H37BrN6O7. The molecule has 4 amide bonds. The standard InChI is InChI=1S/C37H37BrN6O7/c1-42-20-23(19-24(21-42)39-33-32(38)37(49)43-16-3-2-9-29(43)40-33)22-10-12-25(13-11-22)50-17-4-5-18-51-28-8-6-7-26-31(28)36(48)44(35(26)47)27-14-15-30(45)41-34(27)46/h2-3,6-13,16,23-24,27,39H,4-5,14-15,17-21H2,1H3,(H,41,45,46). The van der Waals surface area contributed by atoms with E-state index in [9.17, 15) is 24.0 Å². The highest BCUT2D eigenvalue weighted by Crippen LogP contribution is 2.34. The molecule has 5 heterocycles. The fourth-order valence-corrected chi connectivity index (χ4v) is 7.43. The molecule has 264 valence electrons. The number of amides is 4. The van der Waals surface area contributed by atoms with Crippen molar-refractivity contribution >= 4 is 51.0 Å².